The highest BCUT2D eigenvalue weighted by atomic mass is 32.1. The van der Waals surface area contributed by atoms with Crippen LogP contribution in [0.15, 0.2) is 85.2 Å². The molecule has 0 aliphatic carbocycles. The lowest BCUT2D eigenvalue weighted by atomic mass is 10.2. The Hall–Kier alpha value is -3.06. The van der Waals surface area contributed by atoms with Crippen LogP contribution in [0.2, 0.25) is 0 Å². The number of benzene rings is 2. The molecule has 4 rings (SSSR count). The second-order valence-corrected chi connectivity index (χ2v) is 8.29. The molecule has 4 aromatic rings. The Morgan fingerprint density at radius 3 is 2.42 bits per heavy atom. The Labute approximate surface area is 187 Å². The summed E-state index contributed by atoms with van der Waals surface area (Å²) in [5, 5.41) is 4.19. The van der Waals surface area contributed by atoms with Gasteiger partial charge >= 0.3 is 0 Å². The van der Waals surface area contributed by atoms with E-state index in [1.807, 2.05) is 36.7 Å². The highest BCUT2D eigenvalue weighted by Crippen LogP contribution is 2.30. The molecule has 6 heteroatoms. The van der Waals surface area contributed by atoms with Crippen molar-refractivity contribution in [1.29, 1.82) is 0 Å². The van der Waals surface area contributed by atoms with Crippen molar-refractivity contribution in [2.45, 2.75) is 13.1 Å². The molecular formula is C25H26N4OS. The zero-order chi connectivity index (χ0) is 21.3. The fourth-order valence-electron chi connectivity index (χ4n) is 3.35. The summed E-state index contributed by atoms with van der Waals surface area (Å²) in [6.45, 7) is 3.26. The third kappa shape index (κ3) is 6.21. The van der Waals surface area contributed by atoms with Crippen molar-refractivity contribution in [3.05, 3.63) is 96.3 Å². The van der Waals surface area contributed by atoms with Gasteiger partial charge in [0.15, 0.2) is 5.13 Å². The Balaban J connectivity index is 1.43. The number of thiazole rings is 1. The largest absolute Gasteiger partial charge is 0.383 e. The van der Waals surface area contributed by atoms with Gasteiger partial charge in [-0.1, -0.05) is 72.0 Å². The van der Waals surface area contributed by atoms with Gasteiger partial charge in [-0.3, -0.25) is 4.90 Å². The molecule has 2 heterocycles. The van der Waals surface area contributed by atoms with E-state index in [4.69, 9.17) is 4.74 Å². The number of ether oxygens (including phenoxy) is 1. The van der Waals surface area contributed by atoms with Crippen LogP contribution >= 0.6 is 11.3 Å². The van der Waals surface area contributed by atoms with Crippen LogP contribution in [0.4, 0.5) is 10.9 Å². The second kappa shape index (κ2) is 10.8. The van der Waals surface area contributed by atoms with Gasteiger partial charge in [0.25, 0.3) is 0 Å². The maximum atomic E-state index is 5.32. The highest BCUT2D eigenvalue weighted by molar-refractivity contribution is 7.18. The van der Waals surface area contributed by atoms with Gasteiger partial charge in [-0.05, 0) is 28.8 Å². The van der Waals surface area contributed by atoms with Gasteiger partial charge in [0.05, 0.1) is 11.5 Å². The van der Waals surface area contributed by atoms with Crippen LogP contribution in [-0.2, 0) is 17.8 Å². The molecule has 0 radical (unpaired) electrons. The Morgan fingerprint density at radius 2 is 1.65 bits per heavy atom. The predicted molar refractivity (Wildman–Crippen MR) is 128 cm³/mol. The van der Waals surface area contributed by atoms with Crippen LogP contribution in [0.3, 0.4) is 0 Å². The summed E-state index contributed by atoms with van der Waals surface area (Å²) in [7, 11) is 1.74. The average Bonchev–Trinajstić information content (AvgIpc) is 3.27. The van der Waals surface area contributed by atoms with Crippen molar-refractivity contribution in [3.8, 4) is 10.4 Å². The number of rotatable bonds is 10. The zero-order valence-corrected chi connectivity index (χ0v) is 18.4. The zero-order valence-electron chi connectivity index (χ0n) is 17.6. The van der Waals surface area contributed by atoms with E-state index >= 15 is 0 Å². The fraction of sp³-hybridized carbons (Fsp3) is 0.200. The first kappa shape index (κ1) is 21.2. The molecule has 0 fully saturated rings. The van der Waals surface area contributed by atoms with E-state index in [0.717, 1.165) is 35.5 Å². The number of aromatic nitrogens is 2. The fourth-order valence-corrected chi connectivity index (χ4v) is 4.18. The first-order valence-electron chi connectivity index (χ1n) is 10.3. The van der Waals surface area contributed by atoms with Gasteiger partial charge in [-0.25, -0.2) is 9.97 Å². The number of hydrogen-bond donors (Lipinski definition) is 1. The molecular weight excluding hydrogens is 404 g/mol. The number of nitrogens with one attached hydrogen (secondary N) is 1. The van der Waals surface area contributed by atoms with Crippen LogP contribution in [-0.4, -0.2) is 35.1 Å². The molecule has 0 aliphatic heterocycles. The molecule has 2 aromatic carbocycles. The van der Waals surface area contributed by atoms with E-state index in [9.17, 15) is 0 Å². The predicted octanol–water partition coefficient (Wildman–Crippen LogP) is 5.60. The van der Waals surface area contributed by atoms with Gasteiger partial charge in [0, 0.05) is 39.1 Å². The van der Waals surface area contributed by atoms with Crippen LogP contribution in [0.25, 0.3) is 10.4 Å². The van der Waals surface area contributed by atoms with E-state index in [1.165, 1.54) is 16.7 Å². The molecule has 0 bridgehead atoms. The molecule has 0 saturated heterocycles. The summed E-state index contributed by atoms with van der Waals surface area (Å²) in [4.78, 5) is 12.5. The lowest BCUT2D eigenvalue weighted by Gasteiger charge is -2.22. The van der Waals surface area contributed by atoms with Crippen molar-refractivity contribution < 1.29 is 4.74 Å². The van der Waals surface area contributed by atoms with Gasteiger partial charge in [0.1, 0.15) is 5.82 Å². The molecule has 158 valence electrons. The summed E-state index contributed by atoms with van der Waals surface area (Å²) < 4.78 is 5.32. The lowest BCUT2D eigenvalue weighted by Crippen LogP contribution is -2.26. The van der Waals surface area contributed by atoms with Gasteiger partial charge in [0.2, 0.25) is 0 Å². The molecule has 1 N–H and O–H groups in total. The molecule has 0 unspecified atom stereocenters. The summed E-state index contributed by atoms with van der Waals surface area (Å²) >= 11 is 1.62. The van der Waals surface area contributed by atoms with Gasteiger partial charge < -0.3 is 10.1 Å². The van der Waals surface area contributed by atoms with Gasteiger partial charge in [-0.2, -0.15) is 0 Å². The smallest absolute Gasteiger partial charge is 0.188 e. The highest BCUT2D eigenvalue weighted by Gasteiger charge is 2.09. The normalized spacial score (nSPS) is 11.0. The van der Waals surface area contributed by atoms with Crippen molar-refractivity contribution in [1.82, 2.24) is 14.9 Å². The molecule has 0 aliphatic rings. The molecule has 0 saturated carbocycles. The third-order valence-electron chi connectivity index (χ3n) is 4.89. The van der Waals surface area contributed by atoms with Crippen molar-refractivity contribution in [2.75, 3.05) is 25.6 Å². The third-order valence-corrected chi connectivity index (χ3v) is 5.85. The molecule has 5 nitrogen and oxygen atoms in total. The second-order valence-electron chi connectivity index (χ2n) is 7.26. The first-order valence-corrected chi connectivity index (χ1v) is 11.1. The van der Waals surface area contributed by atoms with E-state index in [2.05, 4.69) is 68.7 Å². The van der Waals surface area contributed by atoms with Crippen LogP contribution < -0.4 is 5.32 Å². The monoisotopic (exact) mass is 430 g/mol. The minimum atomic E-state index is 0.699. The van der Waals surface area contributed by atoms with Crippen LogP contribution in [0.5, 0.6) is 0 Å². The Bertz CT molecular complexity index is 1070. The molecule has 0 atom stereocenters. The maximum absolute atomic E-state index is 5.32. The Morgan fingerprint density at radius 1 is 0.903 bits per heavy atom. The number of pyridine rings is 1. The minimum absolute atomic E-state index is 0.699. The topological polar surface area (TPSA) is 50.3 Å². The van der Waals surface area contributed by atoms with Crippen LogP contribution in [0.1, 0.15) is 11.1 Å². The number of anilines is 2. The van der Waals surface area contributed by atoms with Crippen LogP contribution in [0, 0.1) is 0 Å². The summed E-state index contributed by atoms with van der Waals surface area (Å²) in [6, 6.07) is 25.0. The molecule has 0 spiro atoms. The molecule has 2 aromatic heterocycles. The average molecular weight is 431 g/mol. The SMILES string of the molecule is COCCN(Cc1ccccc1)Cc1ccnc(Nc2ncc(-c3ccccc3)s2)c1. The summed E-state index contributed by atoms with van der Waals surface area (Å²) in [5.41, 5.74) is 3.66. The lowest BCUT2D eigenvalue weighted by molar-refractivity contribution is 0.140. The van der Waals surface area contributed by atoms with E-state index in [0.29, 0.717) is 6.61 Å². The first-order chi connectivity index (χ1) is 15.3. The van der Waals surface area contributed by atoms with Crippen molar-refractivity contribution in [3.63, 3.8) is 0 Å². The standard InChI is InChI=1S/C25H26N4OS/c1-30-15-14-29(18-20-8-4-2-5-9-20)19-21-12-13-26-24(16-21)28-25-27-17-23(31-25)22-10-6-3-7-11-22/h2-13,16-17H,14-15,18-19H2,1H3,(H,26,27,28). The Kier molecular flexibility index (Phi) is 7.39. The number of methoxy groups -OCH3 is 1. The number of nitrogens with zero attached hydrogens (tertiary/aromatic N) is 3. The van der Waals surface area contributed by atoms with E-state index < -0.39 is 0 Å². The maximum Gasteiger partial charge on any atom is 0.188 e. The van der Waals surface area contributed by atoms with Crippen molar-refractivity contribution in [2.24, 2.45) is 0 Å². The van der Waals surface area contributed by atoms with Gasteiger partial charge in [-0.15, -0.1) is 0 Å². The summed E-state index contributed by atoms with van der Waals surface area (Å²) in [6.07, 6.45) is 3.75. The molecule has 0 amide bonds. The minimum Gasteiger partial charge on any atom is -0.383 e. The summed E-state index contributed by atoms with van der Waals surface area (Å²) in [5.74, 6) is 0.804. The molecule has 31 heavy (non-hydrogen) atoms. The quantitative estimate of drug-likeness (QED) is 0.355. The van der Waals surface area contributed by atoms with E-state index in [-0.39, 0.29) is 0 Å². The van der Waals surface area contributed by atoms with E-state index in [1.54, 1.807) is 18.4 Å². The van der Waals surface area contributed by atoms with Crippen molar-refractivity contribution >= 4 is 22.3 Å². The number of hydrogen-bond acceptors (Lipinski definition) is 6.